The van der Waals surface area contributed by atoms with Gasteiger partial charge in [-0.2, -0.15) is 0 Å². The number of benzene rings is 1. The summed E-state index contributed by atoms with van der Waals surface area (Å²) in [6.45, 7) is 0. The van der Waals surface area contributed by atoms with Gasteiger partial charge in [0, 0.05) is 6.42 Å². The minimum atomic E-state index is -1.29. The predicted octanol–water partition coefficient (Wildman–Crippen LogP) is 0.0726. The van der Waals surface area contributed by atoms with Crippen LogP contribution < -0.4 is 15.8 Å². The first kappa shape index (κ1) is 16.5. The molecule has 7 nitrogen and oxygen atoms in total. The van der Waals surface area contributed by atoms with E-state index in [0.717, 1.165) is 11.3 Å². The molecule has 0 fully saturated rings. The Morgan fingerprint density at radius 3 is 2.38 bits per heavy atom. The van der Waals surface area contributed by atoms with E-state index in [2.05, 4.69) is 5.32 Å². The summed E-state index contributed by atoms with van der Waals surface area (Å²) in [5, 5.41) is 11.2. The Kier molecular flexibility index (Phi) is 6.19. The monoisotopic (exact) mass is 294 g/mol. The molecule has 0 radical (unpaired) electrons. The smallest absolute Gasteiger partial charge is 0.326 e. The van der Waals surface area contributed by atoms with Gasteiger partial charge in [0.05, 0.1) is 13.5 Å². The van der Waals surface area contributed by atoms with E-state index in [9.17, 15) is 14.4 Å². The van der Waals surface area contributed by atoms with Crippen molar-refractivity contribution in [2.75, 3.05) is 7.11 Å². The molecule has 0 aliphatic carbocycles. The number of nitrogens with two attached hydrogens (primary N) is 1. The minimum absolute atomic E-state index is 0.120. The van der Waals surface area contributed by atoms with Crippen LogP contribution in [0.4, 0.5) is 0 Å². The van der Waals surface area contributed by atoms with Crippen molar-refractivity contribution in [2.24, 2.45) is 5.73 Å². The lowest BCUT2D eigenvalue weighted by molar-refractivity contribution is -0.143. The quantitative estimate of drug-likeness (QED) is 0.627. The van der Waals surface area contributed by atoms with Crippen LogP contribution in [0.3, 0.4) is 0 Å². The van der Waals surface area contributed by atoms with Gasteiger partial charge in [-0.15, -0.1) is 0 Å². The third kappa shape index (κ3) is 5.94. The maximum Gasteiger partial charge on any atom is 0.326 e. The highest BCUT2D eigenvalue weighted by atomic mass is 16.5. The van der Waals surface area contributed by atoms with Crippen LogP contribution in [0.1, 0.15) is 18.4 Å². The lowest BCUT2D eigenvalue weighted by atomic mass is 10.1. The molecule has 1 aromatic carbocycles. The number of carbonyl (C=O) groups excluding carboxylic acids is 2. The third-order valence-electron chi connectivity index (χ3n) is 2.84. The fourth-order valence-electron chi connectivity index (χ4n) is 1.72. The lowest BCUT2D eigenvalue weighted by Crippen LogP contribution is -2.43. The summed E-state index contributed by atoms with van der Waals surface area (Å²) in [4.78, 5) is 33.3. The van der Waals surface area contributed by atoms with Crippen molar-refractivity contribution in [1.82, 2.24) is 5.32 Å². The van der Waals surface area contributed by atoms with Crippen molar-refractivity contribution in [2.45, 2.75) is 25.3 Å². The van der Waals surface area contributed by atoms with Crippen LogP contribution >= 0.6 is 0 Å². The number of hydrogen-bond donors (Lipinski definition) is 3. The van der Waals surface area contributed by atoms with Gasteiger partial charge in [-0.3, -0.25) is 9.59 Å². The Morgan fingerprint density at radius 2 is 1.90 bits per heavy atom. The van der Waals surface area contributed by atoms with Crippen LogP contribution in [0.25, 0.3) is 0 Å². The molecule has 0 aromatic heterocycles. The van der Waals surface area contributed by atoms with Crippen LogP contribution in [0.2, 0.25) is 0 Å². The van der Waals surface area contributed by atoms with Crippen LogP contribution in [0.15, 0.2) is 24.3 Å². The number of primary amides is 1. The summed E-state index contributed by atoms with van der Waals surface area (Å²) in [5.74, 6) is -1.79. The molecule has 1 aromatic rings. The second-order valence-corrected chi connectivity index (χ2v) is 4.48. The van der Waals surface area contributed by atoms with Crippen molar-refractivity contribution in [3.05, 3.63) is 29.8 Å². The topological polar surface area (TPSA) is 119 Å². The molecule has 0 spiro atoms. The SMILES string of the molecule is COc1ccc(CCC(=O)N[C@@H](CC(N)=O)C(=O)O)cc1. The fraction of sp³-hybridized carbons (Fsp3) is 0.357. The standard InChI is InChI=1S/C14H18N2O5/c1-21-10-5-2-9(3-6-10)4-7-13(18)16-11(14(19)20)8-12(15)17/h2-3,5-6,11H,4,7-8H2,1H3,(H2,15,17)(H,16,18)(H,19,20)/t11-/m0/s1. The largest absolute Gasteiger partial charge is 0.497 e. The molecular weight excluding hydrogens is 276 g/mol. The highest BCUT2D eigenvalue weighted by molar-refractivity contribution is 5.88. The van der Waals surface area contributed by atoms with Gasteiger partial charge in [-0.05, 0) is 24.1 Å². The van der Waals surface area contributed by atoms with Crippen molar-refractivity contribution < 1.29 is 24.2 Å². The van der Waals surface area contributed by atoms with Crippen molar-refractivity contribution in [3.63, 3.8) is 0 Å². The molecule has 2 amide bonds. The summed E-state index contributed by atoms with van der Waals surface area (Å²) in [7, 11) is 1.56. The van der Waals surface area contributed by atoms with E-state index < -0.39 is 30.2 Å². The molecule has 21 heavy (non-hydrogen) atoms. The molecule has 0 unspecified atom stereocenters. The van der Waals surface area contributed by atoms with Gasteiger partial charge in [-0.1, -0.05) is 12.1 Å². The number of aliphatic carboxylic acids is 1. The second kappa shape index (κ2) is 7.88. The summed E-state index contributed by atoms with van der Waals surface area (Å²) in [5.41, 5.74) is 5.86. The molecule has 0 aliphatic heterocycles. The Labute approximate surface area is 122 Å². The lowest BCUT2D eigenvalue weighted by Gasteiger charge is -2.12. The number of amides is 2. The number of methoxy groups -OCH3 is 1. The minimum Gasteiger partial charge on any atom is -0.497 e. The van der Waals surface area contributed by atoms with E-state index in [0.29, 0.717) is 6.42 Å². The Morgan fingerprint density at radius 1 is 1.29 bits per heavy atom. The first-order valence-corrected chi connectivity index (χ1v) is 6.35. The first-order valence-electron chi connectivity index (χ1n) is 6.35. The number of hydrogen-bond acceptors (Lipinski definition) is 4. The van der Waals surface area contributed by atoms with Crippen LogP contribution in [-0.4, -0.2) is 36.0 Å². The molecular formula is C14H18N2O5. The van der Waals surface area contributed by atoms with Crippen LogP contribution in [0.5, 0.6) is 5.75 Å². The molecule has 0 bridgehead atoms. The zero-order chi connectivity index (χ0) is 15.8. The average Bonchev–Trinajstić information content (AvgIpc) is 2.44. The van der Waals surface area contributed by atoms with Gasteiger partial charge in [0.2, 0.25) is 11.8 Å². The number of aryl methyl sites for hydroxylation is 1. The molecule has 1 rings (SSSR count). The summed E-state index contributed by atoms with van der Waals surface area (Å²) in [6, 6.07) is 5.92. The maximum absolute atomic E-state index is 11.7. The zero-order valence-corrected chi connectivity index (χ0v) is 11.7. The fourth-order valence-corrected chi connectivity index (χ4v) is 1.72. The molecule has 0 aliphatic rings. The molecule has 0 heterocycles. The molecule has 7 heteroatoms. The summed E-state index contributed by atoms with van der Waals surface area (Å²) < 4.78 is 5.02. The number of rotatable bonds is 8. The van der Waals surface area contributed by atoms with Gasteiger partial charge >= 0.3 is 5.97 Å². The van der Waals surface area contributed by atoms with Gasteiger partial charge in [-0.25, -0.2) is 4.79 Å². The molecule has 0 saturated heterocycles. The third-order valence-corrected chi connectivity index (χ3v) is 2.84. The average molecular weight is 294 g/mol. The van der Waals surface area contributed by atoms with E-state index in [-0.39, 0.29) is 6.42 Å². The van der Waals surface area contributed by atoms with Gasteiger partial charge in [0.25, 0.3) is 0 Å². The van der Waals surface area contributed by atoms with E-state index in [1.54, 1.807) is 19.2 Å². The van der Waals surface area contributed by atoms with Gasteiger partial charge < -0.3 is 20.9 Å². The zero-order valence-electron chi connectivity index (χ0n) is 11.7. The highest BCUT2D eigenvalue weighted by Crippen LogP contribution is 2.12. The number of carbonyl (C=O) groups is 3. The number of nitrogens with one attached hydrogen (secondary N) is 1. The highest BCUT2D eigenvalue weighted by Gasteiger charge is 2.21. The van der Waals surface area contributed by atoms with Crippen molar-refractivity contribution >= 4 is 17.8 Å². The summed E-state index contributed by atoms with van der Waals surface area (Å²) in [6.07, 6.45) is 0.150. The van der Waals surface area contributed by atoms with E-state index in [4.69, 9.17) is 15.6 Å². The van der Waals surface area contributed by atoms with Crippen LogP contribution in [0, 0.1) is 0 Å². The van der Waals surface area contributed by atoms with Gasteiger partial charge in [0.1, 0.15) is 11.8 Å². The van der Waals surface area contributed by atoms with E-state index in [1.807, 2.05) is 12.1 Å². The Hall–Kier alpha value is -2.57. The van der Waals surface area contributed by atoms with E-state index in [1.165, 1.54) is 0 Å². The van der Waals surface area contributed by atoms with Crippen molar-refractivity contribution in [1.29, 1.82) is 0 Å². The Bertz CT molecular complexity index is 513. The predicted molar refractivity (Wildman–Crippen MR) is 74.7 cm³/mol. The number of ether oxygens (including phenoxy) is 1. The molecule has 1 atom stereocenters. The van der Waals surface area contributed by atoms with Gasteiger partial charge in [0.15, 0.2) is 0 Å². The van der Waals surface area contributed by atoms with Crippen molar-refractivity contribution in [3.8, 4) is 5.75 Å². The number of carboxylic acid groups (broad SMARTS) is 1. The first-order chi connectivity index (χ1) is 9.92. The number of carboxylic acids is 1. The molecule has 0 saturated carbocycles. The molecule has 4 N–H and O–H groups in total. The second-order valence-electron chi connectivity index (χ2n) is 4.48. The normalized spacial score (nSPS) is 11.5. The molecule has 114 valence electrons. The Balaban J connectivity index is 2.48. The van der Waals surface area contributed by atoms with Crippen LogP contribution in [-0.2, 0) is 20.8 Å². The maximum atomic E-state index is 11.7. The summed E-state index contributed by atoms with van der Waals surface area (Å²) >= 11 is 0. The van der Waals surface area contributed by atoms with E-state index >= 15 is 0 Å².